The Morgan fingerprint density at radius 1 is 1.11 bits per heavy atom. The third-order valence-corrected chi connectivity index (χ3v) is 3.45. The quantitative estimate of drug-likeness (QED) is 0.760. The number of hydrogen-bond donors (Lipinski definition) is 0. The van der Waals surface area contributed by atoms with Crippen molar-refractivity contribution in [1.82, 2.24) is 4.98 Å². The summed E-state index contributed by atoms with van der Waals surface area (Å²) in [6.07, 6.45) is 1.79. The molecule has 0 saturated heterocycles. The average Bonchev–Trinajstić information content (AvgIpc) is 2.41. The maximum atomic E-state index is 12.4. The van der Waals surface area contributed by atoms with Crippen molar-refractivity contribution in [3.05, 3.63) is 58.2 Å². The molecule has 94 valence electrons. The van der Waals surface area contributed by atoms with Crippen molar-refractivity contribution in [3.63, 3.8) is 0 Å². The predicted molar refractivity (Wildman–Crippen MR) is 73.9 cm³/mol. The molecule has 0 unspecified atom stereocenters. The molecule has 0 radical (unpaired) electrons. The van der Waals surface area contributed by atoms with Crippen molar-refractivity contribution < 1.29 is 9.59 Å². The zero-order valence-electron chi connectivity index (χ0n) is 9.84. The maximum Gasteiger partial charge on any atom is 0.266 e. The van der Waals surface area contributed by atoms with Gasteiger partial charge in [-0.05, 0) is 39.7 Å². The Hall–Kier alpha value is -2.01. The van der Waals surface area contributed by atoms with Crippen molar-refractivity contribution in [2.45, 2.75) is 6.42 Å². The molecule has 0 N–H and O–H groups in total. The van der Waals surface area contributed by atoms with E-state index in [0.717, 1.165) is 14.9 Å². The van der Waals surface area contributed by atoms with E-state index in [9.17, 15) is 9.59 Å². The number of amides is 2. The molecule has 0 fully saturated rings. The molecule has 1 aliphatic heterocycles. The molecule has 4 nitrogen and oxygen atoms in total. The highest BCUT2D eigenvalue weighted by atomic mass is 79.9. The molecular weight excluding hydrogens is 308 g/mol. The van der Waals surface area contributed by atoms with Gasteiger partial charge in [-0.25, -0.2) is 9.88 Å². The van der Waals surface area contributed by atoms with Crippen LogP contribution in [0.25, 0.3) is 0 Å². The SMILES string of the molecule is O=C1Cc2ccccc2C(=O)N1c1ccc(Br)cn1. The van der Waals surface area contributed by atoms with Gasteiger partial charge in [0.25, 0.3) is 5.91 Å². The molecule has 19 heavy (non-hydrogen) atoms. The number of aromatic nitrogens is 1. The van der Waals surface area contributed by atoms with E-state index in [2.05, 4.69) is 20.9 Å². The largest absolute Gasteiger partial charge is 0.274 e. The van der Waals surface area contributed by atoms with Crippen LogP contribution in [-0.2, 0) is 11.2 Å². The van der Waals surface area contributed by atoms with Crippen LogP contribution in [0, 0.1) is 0 Å². The van der Waals surface area contributed by atoms with E-state index in [1.165, 1.54) is 0 Å². The average molecular weight is 317 g/mol. The molecule has 0 atom stereocenters. The van der Waals surface area contributed by atoms with Crippen LogP contribution in [0.15, 0.2) is 47.1 Å². The molecule has 0 aliphatic carbocycles. The third-order valence-electron chi connectivity index (χ3n) is 2.98. The van der Waals surface area contributed by atoms with Crippen molar-refractivity contribution in [2.24, 2.45) is 0 Å². The number of halogens is 1. The normalized spacial score (nSPS) is 14.5. The second kappa shape index (κ2) is 4.59. The molecule has 2 aromatic rings. The van der Waals surface area contributed by atoms with E-state index in [1.807, 2.05) is 6.07 Å². The smallest absolute Gasteiger partial charge is 0.266 e. The minimum Gasteiger partial charge on any atom is -0.274 e. The highest BCUT2D eigenvalue weighted by Crippen LogP contribution is 2.24. The van der Waals surface area contributed by atoms with Crippen molar-refractivity contribution in [2.75, 3.05) is 4.90 Å². The van der Waals surface area contributed by atoms with Crippen molar-refractivity contribution in [1.29, 1.82) is 0 Å². The van der Waals surface area contributed by atoms with Gasteiger partial charge in [-0.3, -0.25) is 9.59 Å². The highest BCUT2D eigenvalue weighted by molar-refractivity contribution is 9.10. The first-order valence-corrected chi connectivity index (χ1v) is 6.53. The van der Waals surface area contributed by atoms with E-state index in [1.54, 1.807) is 36.5 Å². The van der Waals surface area contributed by atoms with Gasteiger partial charge in [0, 0.05) is 16.2 Å². The number of hydrogen-bond acceptors (Lipinski definition) is 3. The third kappa shape index (κ3) is 2.06. The van der Waals surface area contributed by atoms with Gasteiger partial charge in [-0.1, -0.05) is 18.2 Å². The summed E-state index contributed by atoms with van der Waals surface area (Å²) < 4.78 is 0.800. The van der Waals surface area contributed by atoms with Gasteiger partial charge in [0.05, 0.1) is 6.42 Å². The number of anilines is 1. The predicted octanol–water partition coefficient (Wildman–Crippen LogP) is 2.57. The van der Waals surface area contributed by atoms with E-state index >= 15 is 0 Å². The van der Waals surface area contributed by atoms with Crippen LogP contribution >= 0.6 is 15.9 Å². The summed E-state index contributed by atoms with van der Waals surface area (Å²) in [6.45, 7) is 0. The van der Waals surface area contributed by atoms with Gasteiger partial charge in [0.1, 0.15) is 5.82 Å². The topological polar surface area (TPSA) is 50.3 Å². The number of rotatable bonds is 1. The Morgan fingerprint density at radius 2 is 1.89 bits per heavy atom. The van der Waals surface area contributed by atoms with Crippen LogP contribution in [0.2, 0.25) is 0 Å². The molecule has 3 rings (SSSR count). The van der Waals surface area contributed by atoms with Gasteiger partial charge < -0.3 is 0 Å². The molecule has 1 aromatic carbocycles. The Morgan fingerprint density at radius 3 is 2.63 bits per heavy atom. The molecule has 0 saturated carbocycles. The first-order valence-electron chi connectivity index (χ1n) is 5.73. The van der Waals surface area contributed by atoms with Crippen LogP contribution in [0.1, 0.15) is 15.9 Å². The fraction of sp³-hybridized carbons (Fsp3) is 0.0714. The minimum atomic E-state index is -0.318. The van der Waals surface area contributed by atoms with Crippen LogP contribution in [0.3, 0.4) is 0 Å². The van der Waals surface area contributed by atoms with Crippen LogP contribution in [0.4, 0.5) is 5.82 Å². The lowest BCUT2D eigenvalue weighted by Gasteiger charge is -2.25. The van der Waals surface area contributed by atoms with Crippen LogP contribution in [0.5, 0.6) is 0 Å². The monoisotopic (exact) mass is 316 g/mol. The number of fused-ring (bicyclic) bond motifs is 1. The summed E-state index contributed by atoms with van der Waals surface area (Å²) in [5.41, 5.74) is 1.33. The number of carbonyl (C=O) groups excluding carboxylic acids is 2. The number of nitrogens with zero attached hydrogens (tertiary/aromatic N) is 2. The maximum absolute atomic E-state index is 12.4. The molecular formula is C14H9BrN2O2. The Kier molecular flexibility index (Phi) is 2.91. The Balaban J connectivity index is 2.06. The van der Waals surface area contributed by atoms with Gasteiger partial charge in [0.15, 0.2) is 0 Å². The fourth-order valence-electron chi connectivity index (χ4n) is 2.09. The molecule has 1 aliphatic rings. The summed E-state index contributed by atoms with van der Waals surface area (Å²) in [5, 5.41) is 0. The van der Waals surface area contributed by atoms with E-state index in [4.69, 9.17) is 0 Å². The van der Waals surface area contributed by atoms with E-state index < -0.39 is 0 Å². The molecule has 1 aromatic heterocycles. The van der Waals surface area contributed by atoms with Gasteiger partial charge in [-0.15, -0.1) is 0 Å². The lowest BCUT2D eigenvalue weighted by Crippen LogP contribution is -2.42. The van der Waals surface area contributed by atoms with Crippen molar-refractivity contribution >= 4 is 33.6 Å². The van der Waals surface area contributed by atoms with Crippen LogP contribution < -0.4 is 4.90 Å². The highest BCUT2D eigenvalue weighted by Gasteiger charge is 2.32. The zero-order valence-corrected chi connectivity index (χ0v) is 11.4. The standard InChI is InChI=1S/C14H9BrN2O2/c15-10-5-6-12(16-8-10)17-13(18)7-9-3-1-2-4-11(9)14(17)19/h1-6,8H,7H2. The molecule has 5 heteroatoms. The minimum absolute atomic E-state index is 0.222. The molecule has 2 amide bonds. The van der Waals surface area contributed by atoms with Gasteiger partial charge >= 0.3 is 0 Å². The summed E-state index contributed by atoms with van der Waals surface area (Å²) in [5.74, 6) is -0.215. The first kappa shape index (κ1) is 12.0. The molecule has 0 spiro atoms. The number of imide groups is 1. The van der Waals surface area contributed by atoms with Gasteiger partial charge in [0.2, 0.25) is 5.91 Å². The second-order valence-electron chi connectivity index (χ2n) is 4.20. The fourth-order valence-corrected chi connectivity index (χ4v) is 2.33. The Bertz CT molecular complexity index is 667. The number of pyridine rings is 1. The summed E-state index contributed by atoms with van der Waals surface area (Å²) >= 11 is 3.27. The zero-order chi connectivity index (χ0) is 13.4. The molecule has 0 bridgehead atoms. The second-order valence-corrected chi connectivity index (χ2v) is 5.12. The van der Waals surface area contributed by atoms with Crippen LogP contribution in [-0.4, -0.2) is 16.8 Å². The number of carbonyl (C=O) groups is 2. The lowest BCUT2D eigenvalue weighted by atomic mass is 9.98. The van der Waals surface area contributed by atoms with Crippen molar-refractivity contribution in [3.8, 4) is 0 Å². The first-order chi connectivity index (χ1) is 9.16. The van der Waals surface area contributed by atoms with E-state index in [0.29, 0.717) is 11.4 Å². The van der Waals surface area contributed by atoms with E-state index in [-0.39, 0.29) is 18.2 Å². The Labute approximate surface area is 118 Å². The summed E-state index contributed by atoms with van der Waals surface area (Å²) in [7, 11) is 0. The summed E-state index contributed by atoms with van der Waals surface area (Å²) in [6, 6.07) is 10.6. The van der Waals surface area contributed by atoms with Gasteiger partial charge in [-0.2, -0.15) is 0 Å². The lowest BCUT2D eigenvalue weighted by molar-refractivity contribution is -0.117. The molecule has 2 heterocycles. The number of benzene rings is 1. The summed E-state index contributed by atoms with van der Waals surface area (Å²) in [4.78, 5) is 29.7.